The number of hydrogen-bond acceptors (Lipinski definition) is 4. The van der Waals surface area contributed by atoms with Gasteiger partial charge in [0, 0.05) is 11.9 Å². The lowest BCUT2D eigenvalue weighted by Crippen LogP contribution is -2.28. The highest BCUT2D eigenvalue weighted by Crippen LogP contribution is 2.40. The van der Waals surface area contributed by atoms with Gasteiger partial charge in [0.1, 0.15) is 11.7 Å². The summed E-state index contributed by atoms with van der Waals surface area (Å²) in [5.41, 5.74) is 1.92. The van der Waals surface area contributed by atoms with E-state index in [2.05, 4.69) is 4.98 Å². The zero-order valence-corrected chi connectivity index (χ0v) is 10.4. The van der Waals surface area contributed by atoms with Crippen molar-refractivity contribution in [3.05, 3.63) is 45.0 Å². The number of aromatic nitrogens is 1. The smallest absolute Gasteiger partial charge is 0.366 e. The van der Waals surface area contributed by atoms with Crippen molar-refractivity contribution < 1.29 is 14.5 Å². The molecule has 18 heavy (non-hydrogen) atoms. The Morgan fingerprint density at radius 2 is 2.17 bits per heavy atom. The fraction of sp³-hybridized carbons (Fsp3) is 0.417. The number of nitrogens with one attached hydrogen (secondary N) is 1. The van der Waals surface area contributed by atoms with E-state index < -0.39 is 17.1 Å². The second-order valence-corrected chi connectivity index (χ2v) is 4.37. The summed E-state index contributed by atoms with van der Waals surface area (Å²) >= 11 is 0. The summed E-state index contributed by atoms with van der Waals surface area (Å²) in [6, 6.07) is 1.82. The number of ether oxygens (including phenoxy) is 1. The monoisotopic (exact) mass is 250 g/mol. The molecule has 0 radical (unpaired) electrons. The first-order valence-electron chi connectivity index (χ1n) is 5.59. The number of rotatable bonds is 3. The van der Waals surface area contributed by atoms with Gasteiger partial charge in [0.2, 0.25) is 0 Å². The van der Waals surface area contributed by atoms with Gasteiger partial charge in [-0.15, -0.1) is 0 Å². The molecule has 0 amide bonds. The minimum absolute atomic E-state index is 0.198. The predicted molar refractivity (Wildman–Crippen MR) is 63.5 cm³/mol. The SMILES string of the molecule is CC(=O)C1=C(C)OC([N+](=O)[O-])C1c1[nH]ccc1C. The number of allylic oxidation sites excluding steroid dienone is 1. The van der Waals surface area contributed by atoms with Crippen LogP contribution in [0.1, 0.15) is 31.0 Å². The third kappa shape index (κ3) is 1.79. The number of nitrogens with zero attached hydrogens (tertiary/aromatic N) is 1. The van der Waals surface area contributed by atoms with Gasteiger partial charge < -0.3 is 9.72 Å². The highest BCUT2D eigenvalue weighted by molar-refractivity contribution is 5.95. The average Bonchev–Trinajstić information content (AvgIpc) is 2.81. The minimum Gasteiger partial charge on any atom is -0.434 e. The minimum atomic E-state index is -1.23. The fourth-order valence-electron chi connectivity index (χ4n) is 2.39. The molecule has 0 saturated carbocycles. The van der Waals surface area contributed by atoms with E-state index in [1.807, 2.05) is 13.0 Å². The third-order valence-electron chi connectivity index (χ3n) is 3.17. The zero-order chi connectivity index (χ0) is 13.4. The first-order valence-corrected chi connectivity index (χ1v) is 5.59. The summed E-state index contributed by atoms with van der Waals surface area (Å²) in [6.07, 6.45) is 0.467. The number of hydrogen-bond donors (Lipinski definition) is 1. The molecular formula is C12H14N2O4. The zero-order valence-electron chi connectivity index (χ0n) is 10.4. The van der Waals surface area contributed by atoms with Crippen molar-refractivity contribution in [2.24, 2.45) is 0 Å². The van der Waals surface area contributed by atoms with Crippen LogP contribution in [0.5, 0.6) is 0 Å². The highest BCUT2D eigenvalue weighted by atomic mass is 16.7. The van der Waals surface area contributed by atoms with E-state index in [0.29, 0.717) is 17.0 Å². The summed E-state index contributed by atoms with van der Waals surface area (Å²) in [5.74, 6) is -0.522. The van der Waals surface area contributed by atoms with Crippen molar-refractivity contribution in [1.29, 1.82) is 0 Å². The van der Waals surface area contributed by atoms with Crippen LogP contribution in [0.4, 0.5) is 0 Å². The van der Waals surface area contributed by atoms with E-state index in [1.54, 1.807) is 13.1 Å². The quantitative estimate of drug-likeness (QED) is 0.655. The molecule has 6 nitrogen and oxygen atoms in total. The van der Waals surface area contributed by atoms with Crippen molar-refractivity contribution in [1.82, 2.24) is 4.98 Å². The van der Waals surface area contributed by atoms with Gasteiger partial charge in [0.25, 0.3) is 0 Å². The first kappa shape index (κ1) is 12.3. The topological polar surface area (TPSA) is 85.2 Å². The molecule has 96 valence electrons. The van der Waals surface area contributed by atoms with Gasteiger partial charge in [-0.25, -0.2) is 0 Å². The Kier molecular flexibility index (Phi) is 2.94. The number of carbonyl (C=O) groups excluding carboxylic acids is 1. The maximum Gasteiger partial charge on any atom is 0.366 e. The lowest BCUT2D eigenvalue weighted by Gasteiger charge is -2.13. The molecule has 2 rings (SSSR count). The van der Waals surface area contributed by atoms with E-state index >= 15 is 0 Å². The summed E-state index contributed by atoms with van der Waals surface area (Å²) in [6.45, 7) is 4.83. The molecule has 0 spiro atoms. The van der Waals surface area contributed by atoms with Crippen molar-refractivity contribution in [2.75, 3.05) is 0 Å². The van der Waals surface area contributed by atoms with Gasteiger partial charge in [0.05, 0.1) is 10.5 Å². The van der Waals surface area contributed by atoms with Crippen LogP contribution in [-0.4, -0.2) is 21.9 Å². The second kappa shape index (κ2) is 4.29. The van der Waals surface area contributed by atoms with Crippen LogP contribution >= 0.6 is 0 Å². The Labute approximate surface area is 104 Å². The van der Waals surface area contributed by atoms with Gasteiger partial charge in [-0.1, -0.05) is 0 Å². The number of aromatic amines is 1. The summed E-state index contributed by atoms with van der Waals surface area (Å²) in [7, 11) is 0. The molecule has 0 aromatic carbocycles. The van der Waals surface area contributed by atoms with Gasteiger partial charge >= 0.3 is 6.23 Å². The van der Waals surface area contributed by atoms with Gasteiger partial charge in [0.15, 0.2) is 5.78 Å². The van der Waals surface area contributed by atoms with E-state index in [0.717, 1.165) is 5.56 Å². The Morgan fingerprint density at radius 1 is 1.50 bits per heavy atom. The molecule has 2 atom stereocenters. The van der Waals surface area contributed by atoms with E-state index in [9.17, 15) is 14.9 Å². The maximum absolute atomic E-state index is 11.7. The molecule has 2 heterocycles. The molecule has 1 N–H and O–H groups in total. The molecule has 0 saturated heterocycles. The number of H-pyrrole nitrogens is 1. The number of nitro groups is 1. The van der Waals surface area contributed by atoms with Crippen molar-refractivity contribution >= 4 is 5.78 Å². The van der Waals surface area contributed by atoms with Crippen LogP contribution in [0.2, 0.25) is 0 Å². The van der Waals surface area contributed by atoms with Crippen LogP contribution in [0.15, 0.2) is 23.6 Å². The Hall–Kier alpha value is -2.11. The van der Waals surface area contributed by atoms with Crippen molar-refractivity contribution in [3.8, 4) is 0 Å². The van der Waals surface area contributed by atoms with Gasteiger partial charge in [-0.2, -0.15) is 0 Å². The van der Waals surface area contributed by atoms with E-state index in [1.165, 1.54) is 6.92 Å². The molecule has 1 aliphatic rings. The maximum atomic E-state index is 11.7. The average molecular weight is 250 g/mol. The molecule has 6 heteroatoms. The first-order chi connectivity index (χ1) is 8.43. The molecule has 0 bridgehead atoms. The summed E-state index contributed by atoms with van der Waals surface area (Å²) < 4.78 is 5.23. The molecule has 2 unspecified atom stereocenters. The Bertz CT molecular complexity index is 544. The molecular weight excluding hydrogens is 236 g/mol. The molecule has 1 aromatic heterocycles. The van der Waals surface area contributed by atoms with Crippen LogP contribution < -0.4 is 0 Å². The van der Waals surface area contributed by atoms with Crippen LogP contribution in [0.3, 0.4) is 0 Å². The van der Waals surface area contributed by atoms with E-state index in [4.69, 9.17) is 4.74 Å². The molecule has 1 aliphatic heterocycles. The van der Waals surface area contributed by atoms with Gasteiger partial charge in [-0.3, -0.25) is 14.9 Å². The molecule has 1 aromatic rings. The number of carbonyl (C=O) groups is 1. The predicted octanol–water partition coefficient (Wildman–Crippen LogP) is 1.90. The van der Waals surface area contributed by atoms with Crippen molar-refractivity contribution in [2.45, 2.75) is 32.9 Å². The Morgan fingerprint density at radius 3 is 2.61 bits per heavy atom. The van der Waals surface area contributed by atoms with Crippen LogP contribution in [0.25, 0.3) is 0 Å². The normalized spacial score (nSPS) is 23.1. The highest BCUT2D eigenvalue weighted by Gasteiger charge is 2.47. The Balaban J connectivity index is 2.53. The number of ketones is 1. The molecule has 0 fully saturated rings. The standard InChI is InChI=1S/C12H14N2O4/c1-6-4-5-13-11(6)10-9(7(2)15)8(3)18-12(10)14(16)17/h4-5,10,12-13H,1-3H3. The lowest BCUT2D eigenvalue weighted by atomic mass is 9.90. The number of Topliss-reactive ketones (excluding diaryl/α,β-unsaturated/α-hetero) is 1. The van der Waals surface area contributed by atoms with E-state index in [-0.39, 0.29) is 5.78 Å². The van der Waals surface area contributed by atoms with Crippen LogP contribution in [-0.2, 0) is 9.53 Å². The fourth-order valence-corrected chi connectivity index (χ4v) is 2.39. The lowest BCUT2D eigenvalue weighted by molar-refractivity contribution is -0.570. The largest absolute Gasteiger partial charge is 0.434 e. The van der Waals surface area contributed by atoms with Crippen molar-refractivity contribution in [3.63, 3.8) is 0 Å². The summed E-state index contributed by atoms with van der Waals surface area (Å²) in [4.78, 5) is 25.2. The van der Waals surface area contributed by atoms with Gasteiger partial charge in [-0.05, 0) is 32.4 Å². The number of aryl methyl sites for hydroxylation is 1. The summed E-state index contributed by atoms with van der Waals surface area (Å²) in [5, 5.41) is 11.1. The molecule has 0 aliphatic carbocycles. The second-order valence-electron chi connectivity index (χ2n) is 4.37. The third-order valence-corrected chi connectivity index (χ3v) is 3.17. The van der Waals surface area contributed by atoms with Crippen LogP contribution in [0, 0.1) is 17.0 Å².